The van der Waals surface area contributed by atoms with Gasteiger partial charge >= 0.3 is 0 Å². The molecule has 2 aromatic carbocycles. The number of fused-ring (bicyclic) bond motifs is 1. The minimum atomic E-state index is -0.276. The van der Waals surface area contributed by atoms with Crippen LogP contribution >= 0.6 is 11.3 Å². The van der Waals surface area contributed by atoms with E-state index in [1.165, 1.54) is 21.9 Å². The van der Waals surface area contributed by atoms with Crippen LogP contribution in [-0.2, 0) is 6.54 Å². The maximum absolute atomic E-state index is 12.5. The summed E-state index contributed by atoms with van der Waals surface area (Å²) in [5.41, 5.74) is 2.77. The molecule has 0 radical (unpaired) electrons. The fourth-order valence-corrected chi connectivity index (χ4v) is 4.03. The third kappa shape index (κ3) is 4.08. The van der Waals surface area contributed by atoms with E-state index >= 15 is 0 Å². The highest BCUT2D eigenvalue weighted by molar-refractivity contribution is 7.19. The van der Waals surface area contributed by atoms with Crippen molar-refractivity contribution < 1.29 is 9.53 Å². The first kappa shape index (κ1) is 19.8. The number of nitrogens with one attached hydrogen (secondary N) is 1. The second kappa shape index (κ2) is 8.46. The number of hydrogen-bond acceptors (Lipinski definition) is 6. The summed E-state index contributed by atoms with van der Waals surface area (Å²) in [6.07, 6.45) is 0. The molecule has 0 unspecified atom stereocenters. The number of rotatable bonds is 6. The van der Waals surface area contributed by atoms with Crippen molar-refractivity contribution in [2.24, 2.45) is 0 Å². The van der Waals surface area contributed by atoms with Gasteiger partial charge in [0.1, 0.15) is 10.8 Å². The average Bonchev–Trinajstić information content (AvgIpc) is 3.18. The van der Waals surface area contributed by atoms with Gasteiger partial charge in [0.25, 0.3) is 11.5 Å². The SMILES string of the molecule is CCOc1ccc(C(=O)NCc2cc(=O)n3nc(-c4ccccc4C)sc3n2)cc1. The van der Waals surface area contributed by atoms with Crippen molar-refractivity contribution in [3.8, 4) is 16.3 Å². The molecule has 0 aliphatic carbocycles. The van der Waals surface area contributed by atoms with Gasteiger partial charge in [-0.25, -0.2) is 4.98 Å². The van der Waals surface area contributed by atoms with E-state index in [4.69, 9.17) is 4.74 Å². The Hall–Kier alpha value is -3.52. The van der Waals surface area contributed by atoms with Crippen molar-refractivity contribution in [2.45, 2.75) is 20.4 Å². The zero-order valence-electron chi connectivity index (χ0n) is 16.6. The smallest absolute Gasteiger partial charge is 0.275 e. The highest BCUT2D eigenvalue weighted by atomic mass is 32.1. The molecule has 1 amide bonds. The number of aryl methyl sites for hydroxylation is 1. The van der Waals surface area contributed by atoms with Gasteiger partial charge in [-0.1, -0.05) is 35.6 Å². The second-order valence-electron chi connectivity index (χ2n) is 6.64. The van der Waals surface area contributed by atoms with Crippen LogP contribution in [0.2, 0.25) is 0 Å². The number of benzene rings is 2. The van der Waals surface area contributed by atoms with Crippen LogP contribution < -0.4 is 15.6 Å². The molecule has 0 saturated heterocycles. The number of carbonyl (C=O) groups excluding carboxylic acids is 1. The lowest BCUT2D eigenvalue weighted by Crippen LogP contribution is -2.25. The van der Waals surface area contributed by atoms with Gasteiger partial charge in [0.15, 0.2) is 0 Å². The van der Waals surface area contributed by atoms with Gasteiger partial charge in [-0.3, -0.25) is 9.59 Å². The van der Waals surface area contributed by atoms with E-state index < -0.39 is 0 Å². The first-order chi connectivity index (χ1) is 14.5. The zero-order chi connectivity index (χ0) is 21.1. The number of amides is 1. The molecule has 4 rings (SSSR count). The second-order valence-corrected chi connectivity index (χ2v) is 7.60. The standard InChI is InChI=1S/C22H20N4O3S/c1-3-29-17-10-8-15(9-11-17)20(28)23-13-16-12-19(27)26-22(24-16)30-21(25-26)18-7-5-4-6-14(18)2/h4-12H,3,13H2,1-2H3,(H,23,28). The Morgan fingerprint density at radius 2 is 1.93 bits per heavy atom. The quantitative estimate of drug-likeness (QED) is 0.516. The number of ether oxygens (including phenoxy) is 1. The Labute approximate surface area is 177 Å². The predicted molar refractivity (Wildman–Crippen MR) is 116 cm³/mol. The van der Waals surface area contributed by atoms with Gasteiger partial charge < -0.3 is 10.1 Å². The normalized spacial score (nSPS) is 10.9. The first-order valence-corrected chi connectivity index (χ1v) is 10.3. The van der Waals surface area contributed by atoms with Crippen molar-refractivity contribution in [3.63, 3.8) is 0 Å². The lowest BCUT2D eigenvalue weighted by Gasteiger charge is -2.06. The number of nitrogens with zero attached hydrogens (tertiary/aromatic N) is 3. The van der Waals surface area contributed by atoms with Crippen LogP contribution in [0.1, 0.15) is 28.5 Å². The fourth-order valence-electron chi connectivity index (χ4n) is 3.01. The largest absolute Gasteiger partial charge is 0.494 e. The molecule has 0 saturated carbocycles. The fraction of sp³-hybridized carbons (Fsp3) is 0.182. The van der Waals surface area contributed by atoms with Crippen molar-refractivity contribution in [1.29, 1.82) is 0 Å². The molecule has 2 heterocycles. The zero-order valence-corrected chi connectivity index (χ0v) is 17.4. The molecule has 4 aromatic rings. The molecular weight excluding hydrogens is 400 g/mol. The molecule has 0 fully saturated rings. The predicted octanol–water partition coefficient (Wildman–Crippen LogP) is 3.46. The molecule has 1 N–H and O–H groups in total. The van der Waals surface area contributed by atoms with Crippen LogP contribution in [0.3, 0.4) is 0 Å². The highest BCUT2D eigenvalue weighted by Gasteiger charge is 2.13. The highest BCUT2D eigenvalue weighted by Crippen LogP contribution is 2.26. The van der Waals surface area contributed by atoms with Gasteiger partial charge in [-0.15, -0.1) is 0 Å². The van der Waals surface area contributed by atoms with Crippen LogP contribution in [0.4, 0.5) is 0 Å². The molecule has 7 nitrogen and oxygen atoms in total. The summed E-state index contributed by atoms with van der Waals surface area (Å²) in [6.45, 7) is 4.62. The Kier molecular flexibility index (Phi) is 5.58. The van der Waals surface area contributed by atoms with Crippen molar-refractivity contribution >= 4 is 22.2 Å². The molecule has 2 aromatic heterocycles. The molecule has 0 atom stereocenters. The molecule has 152 valence electrons. The monoisotopic (exact) mass is 420 g/mol. The summed E-state index contributed by atoms with van der Waals surface area (Å²) in [4.78, 5) is 29.9. The van der Waals surface area contributed by atoms with Crippen molar-refractivity contribution in [2.75, 3.05) is 6.61 Å². The third-order valence-corrected chi connectivity index (χ3v) is 5.47. The van der Waals surface area contributed by atoms with E-state index in [1.807, 2.05) is 38.1 Å². The van der Waals surface area contributed by atoms with Crippen LogP contribution in [0.5, 0.6) is 5.75 Å². The number of hydrogen-bond donors (Lipinski definition) is 1. The molecule has 30 heavy (non-hydrogen) atoms. The summed E-state index contributed by atoms with van der Waals surface area (Å²) in [7, 11) is 0. The van der Waals surface area contributed by atoms with Crippen molar-refractivity contribution in [1.82, 2.24) is 19.9 Å². The van der Waals surface area contributed by atoms with Gasteiger partial charge in [0, 0.05) is 17.2 Å². The average molecular weight is 420 g/mol. The summed E-state index contributed by atoms with van der Waals surface area (Å²) < 4.78 is 6.68. The molecule has 0 spiro atoms. The number of aromatic nitrogens is 3. The van der Waals surface area contributed by atoms with Crippen LogP contribution in [0.25, 0.3) is 15.5 Å². The van der Waals surface area contributed by atoms with Gasteiger partial charge in [-0.05, 0) is 43.7 Å². The van der Waals surface area contributed by atoms with E-state index in [1.54, 1.807) is 24.3 Å². The Morgan fingerprint density at radius 1 is 1.17 bits per heavy atom. The molecule has 8 heteroatoms. The Bertz CT molecular complexity index is 1260. The first-order valence-electron chi connectivity index (χ1n) is 9.52. The van der Waals surface area contributed by atoms with E-state index in [-0.39, 0.29) is 18.0 Å². The van der Waals surface area contributed by atoms with E-state index in [9.17, 15) is 9.59 Å². The lowest BCUT2D eigenvalue weighted by molar-refractivity contribution is 0.0950. The topological polar surface area (TPSA) is 85.6 Å². The van der Waals surface area contributed by atoms with Crippen molar-refractivity contribution in [3.05, 3.63) is 81.8 Å². The van der Waals surface area contributed by atoms with Gasteiger partial charge in [-0.2, -0.15) is 9.61 Å². The summed E-state index contributed by atoms with van der Waals surface area (Å²) in [6, 6.07) is 16.2. The minimum absolute atomic E-state index is 0.148. The van der Waals surface area contributed by atoms with E-state index in [2.05, 4.69) is 15.4 Å². The lowest BCUT2D eigenvalue weighted by atomic mass is 10.1. The third-order valence-electron chi connectivity index (χ3n) is 4.53. The summed E-state index contributed by atoms with van der Waals surface area (Å²) in [5.74, 6) is 0.466. The molecular formula is C22H20N4O3S. The molecule has 0 aliphatic heterocycles. The van der Waals surface area contributed by atoms with Crippen LogP contribution in [0.15, 0.2) is 59.4 Å². The summed E-state index contributed by atoms with van der Waals surface area (Å²) in [5, 5.41) is 7.94. The number of carbonyl (C=O) groups is 1. The summed E-state index contributed by atoms with van der Waals surface area (Å²) >= 11 is 1.34. The Balaban J connectivity index is 1.53. The maximum Gasteiger partial charge on any atom is 0.275 e. The van der Waals surface area contributed by atoms with E-state index in [0.29, 0.717) is 28.6 Å². The van der Waals surface area contributed by atoms with E-state index in [0.717, 1.165) is 16.1 Å². The van der Waals surface area contributed by atoms with Crippen LogP contribution in [-0.4, -0.2) is 27.1 Å². The minimum Gasteiger partial charge on any atom is -0.494 e. The van der Waals surface area contributed by atoms with Gasteiger partial charge in [0.2, 0.25) is 4.96 Å². The maximum atomic E-state index is 12.5. The van der Waals surface area contributed by atoms with Gasteiger partial charge in [0.05, 0.1) is 18.8 Å². The molecule has 0 bridgehead atoms. The molecule has 0 aliphatic rings. The Morgan fingerprint density at radius 3 is 2.67 bits per heavy atom. The van der Waals surface area contributed by atoms with Crippen LogP contribution in [0, 0.1) is 6.92 Å².